The van der Waals surface area contributed by atoms with E-state index in [9.17, 15) is 14.4 Å². The molecule has 1 fully saturated rings. The predicted octanol–water partition coefficient (Wildman–Crippen LogP) is 3.82. The first-order valence-electron chi connectivity index (χ1n) is 8.75. The SMILES string of the molecule is CC(C)C1=CC(=O)C2=C(CC[C@@H]3[C@@](C)(C=O)CCC[C@]23C)C1=O. The monoisotopic (exact) mass is 314 g/mol. The number of hydrogen-bond donors (Lipinski definition) is 0. The van der Waals surface area contributed by atoms with Gasteiger partial charge in [0.05, 0.1) is 0 Å². The maximum atomic E-state index is 12.9. The van der Waals surface area contributed by atoms with Crippen LogP contribution in [-0.2, 0) is 14.4 Å². The Morgan fingerprint density at radius 3 is 2.52 bits per heavy atom. The summed E-state index contributed by atoms with van der Waals surface area (Å²) in [6, 6.07) is 0. The molecule has 3 aliphatic rings. The Kier molecular flexibility index (Phi) is 3.74. The first-order chi connectivity index (χ1) is 10.7. The second kappa shape index (κ2) is 5.25. The Hall–Kier alpha value is -1.51. The molecule has 0 aliphatic heterocycles. The lowest BCUT2D eigenvalue weighted by Crippen LogP contribution is -2.50. The highest BCUT2D eigenvalue weighted by molar-refractivity contribution is 6.23. The Labute approximate surface area is 138 Å². The van der Waals surface area contributed by atoms with E-state index in [1.54, 1.807) is 6.08 Å². The Bertz CT molecular complexity index is 652. The van der Waals surface area contributed by atoms with Crippen molar-refractivity contribution in [2.75, 3.05) is 0 Å². The van der Waals surface area contributed by atoms with Gasteiger partial charge < -0.3 is 4.79 Å². The summed E-state index contributed by atoms with van der Waals surface area (Å²) in [4.78, 5) is 37.5. The molecule has 1 saturated carbocycles. The third-order valence-corrected chi connectivity index (χ3v) is 6.49. The van der Waals surface area contributed by atoms with Crippen LogP contribution in [-0.4, -0.2) is 17.9 Å². The van der Waals surface area contributed by atoms with Crippen LogP contribution >= 0.6 is 0 Å². The molecule has 124 valence electrons. The van der Waals surface area contributed by atoms with E-state index in [-0.39, 0.29) is 34.2 Å². The van der Waals surface area contributed by atoms with Crippen molar-refractivity contribution in [3.05, 3.63) is 22.8 Å². The van der Waals surface area contributed by atoms with Crippen molar-refractivity contribution in [1.29, 1.82) is 0 Å². The smallest absolute Gasteiger partial charge is 0.185 e. The van der Waals surface area contributed by atoms with Gasteiger partial charge in [-0.25, -0.2) is 0 Å². The number of hydrogen-bond acceptors (Lipinski definition) is 3. The summed E-state index contributed by atoms with van der Waals surface area (Å²) in [5.74, 6) is 0.293. The summed E-state index contributed by atoms with van der Waals surface area (Å²) < 4.78 is 0. The lowest BCUT2D eigenvalue weighted by atomic mass is 9.48. The molecule has 0 spiro atoms. The molecular weight excluding hydrogens is 288 g/mol. The predicted molar refractivity (Wildman–Crippen MR) is 88.8 cm³/mol. The average molecular weight is 314 g/mol. The summed E-state index contributed by atoms with van der Waals surface area (Å²) in [5, 5.41) is 0. The van der Waals surface area contributed by atoms with Crippen LogP contribution in [0.1, 0.15) is 59.8 Å². The molecule has 3 aliphatic carbocycles. The van der Waals surface area contributed by atoms with E-state index in [4.69, 9.17) is 0 Å². The van der Waals surface area contributed by atoms with Crippen LogP contribution < -0.4 is 0 Å². The zero-order valence-electron chi connectivity index (χ0n) is 14.6. The zero-order chi connectivity index (χ0) is 17.0. The summed E-state index contributed by atoms with van der Waals surface area (Å²) in [6.07, 6.45) is 6.82. The van der Waals surface area contributed by atoms with Gasteiger partial charge in [0.15, 0.2) is 11.6 Å². The second-order valence-electron chi connectivity index (χ2n) is 8.29. The van der Waals surface area contributed by atoms with Gasteiger partial charge in [-0.05, 0) is 43.6 Å². The number of Topliss-reactive ketones (excluding diaryl/α,β-unsaturated/α-hetero) is 1. The van der Waals surface area contributed by atoms with Crippen LogP contribution in [0.5, 0.6) is 0 Å². The molecule has 3 rings (SSSR count). The molecule has 0 aromatic carbocycles. The Morgan fingerprint density at radius 2 is 1.91 bits per heavy atom. The van der Waals surface area contributed by atoms with Crippen LogP contribution in [0.3, 0.4) is 0 Å². The lowest BCUT2D eigenvalue weighted by Gasteiger charge is -2.54. The number of aldehydes is 1. The summed E-state index contributed by atoms with van der Waals surface area (Å²) >= 11 is 0. The van der Waals surface area contributed by atoms with Crippen molar-refractivity contribution in [3.63, 3.8) is 0 Å². The van der Waals surface area contributed by atoms with E-state index in [0.29, 0.717) is 12.0 Å². The fourth-order valence-electron chi connectivity index (χ4n) is 5.30. The average Bonchev–Trinajstić information content (AvgIpc) is 2.49. The number of fused-ring (bicyclic) bond motifs is 2. The van der Waals surface area contributed by atoms with E-state index in [1.807, 2.05) is 20.8 Å². The van der Waals surface area contributed by atoms with Crippen molar-refractivity contribution < 1.29 is 14.4 Å². The lowest BCUT2D eigenvalue weighted by molar-refractivity contribution is -0.127. The molecule has 3 heteroatoms. The van der Waals surface area contributed by atoms with Gasteiger partial charge in [-0.2, -0.15) is 0 Å². The first-order valence-corrected chi connectivity index (χ1v) is 8.75. The van der Waals surface area contributed by atoms with Crippen LogP contribution in [0.2, 0.25) is 0 Å². The van der Waals surface area contributed by atoms with Gasteiger partial charge in [-0.1, -0.05) is 34.1 Å². The van der Waals surface area contributed by atoms with Crippen molar-refractivity contribution in [3.8, 4) is 0 Å². The van der Waals surface area contributed by atoms with Crippen LogP contribution in [0, 0.1) is 22.7 Å². The molecule has 0 saturated heterocycles. The minimum absolute atomic E-state index is 0.00523. The normalized spacial score (nSPS) is 37.4. The standard InChI is InChI=1S/C20H26O3/c1-12(2)14-10-15(22)17-13(18(14)23)6-7-16-19(3,11-21)8-5-9-20(16,17)4/h10-12,16H,5-9H2,1-4H3/t16-,19-,20+/m1/s1. The second-order valence-corrected chi connectivity index (χ2v) is 8.29. The van der Waals surface area contributed by atoms with E-state index < -0.39 is 0 Å². The van der Waals surface area contributed by atoms with Crippen LogP contribution in [0.4, 0.5) is 0 Å². The van der Waals surface area contributed by atoms with Gasteiger partial charge in [0.2, 0.25) is 0 Å². The Balaban J connectivity index is 2.11. The Morgan fingerprint density at radius 1 is 1.22 bits per heavy atom. The largest absolute Gasteiger partial charge is 0.303 e. The molecule has 0 radical (unpaired) electrons. The number of rotatable bonds is 2. The van der Waals surface area contributed by atoms with Gasteiger partial charge in [-0.3, -0.25) is 9.59 Å². The molecule has 0 amide bonds. The van der Waals surface area contributed by atoms with Gasteiger partial charge >= 0.3 is 0 Å². The topological polar surface area (TPSA) is 51.2 Å². The van der Waals surface area contributed by atoms with Crippen LogP contribution in [0.25, 0.3) is 0 Å². The number of allylic oxidation sites excluding steroid dienone is 4. The van der Waals surface area contributed by atoms with Gasteiger partial charge in [0.25, 0.3) is 0 Å². The van der Waals surface area contributed by atoms with Crippen molar-refractivity contribution >= 4 is 17.9 Å². The molecule has 3 nitrogen and oxygen atoms in total. The minimum Gasteiger partial charge on any atom is -0.303 e. The quantitative estimate of drug-likeness (QED) is 0.575. The maximum Gasteiger partial charge on any atom is 0.185 e. The van der Waals surface area contributed by atoms with Gasteiger partial charge in [0.1, 0.15) is 6.29 Å². The fourth-order valence-corrected chi connectivity index (χ4v) is 5.30. The molecule has 0 heterocycles. The fraction of sp³-hybridized carbons (Fsp3) is 0.650. The van der Waals surface area contributed by atoms with Crippen molar-refractivity contribution in [2.24, 2.45) is 22.7 Å². The van der Waals surface area contributed by atoms with Gasteiger partial charge in [-0.15, -0.1) is 0 Å². The van der Waals surface area contributed by atoms with Gasteiger partial charge in [0, 0.05) is 27.5 Å². The van der Waals surface area contributed by atoms with Crippen molar-refractivity contribution in [2.45, 2.75) is 59.8 Å². The molecular formula is C20H26O3. The van der Waals surface area contributed by atoms with E-state index in [1.165, 1.54) is 0 Å². The number of carbonyl (C=O) groups excluding carboxylic acids is 3. The number of carbonyl (C=O) groups is 3. The molecule has 0 bridgehead atoms. The first kappa shape index (κ1) is 16.4. The summed E-state index contributed by atoms with van der Waals surface area (Å²) in [5.41, 5.74) is 1.38. The highest BCUT2D eigenvalue weighted by atomic mass is 16.1. The third kappa shape index (κ3) is 2.20. The summed E-state index contributed by atoms with van der Waals surface area (Å²) in [6.45, 7) is 8.05. The van der Waals surface area contributed by atoms with E-state index in [0.717, 1.165) is 43.1 Å². The van der Waals surface area contributed by atoms with Crippen molar-refractivity contribution in [1.82, 2.24) is 0 Å². The third-order valence-electron chi connectivity index (χ3n) is 6.49. The zero-order valence-corrected chi connectivity index (χ0v) is 14.6. The minimum atomic E-state index is -0.378. The molecule has 0 aromatic rings. The highest BCUT2D eigenvalue weighted by Gasteiger charge is 2.55. The summed E-state index contributed by atoms with van der Waals surface area (Å²) in [7, 11) is 0. The molecule has 3 atom stereocenters. The molecule has 0 unspecified atom stereocenters. The maximum absolute atomic E-state index is 12.9. The van der Waals surface area contributed by atoms with E-state index in [2.05, 4.69) is 6.92 Å². The highest BCUT2D eigenvalue weighted by Crippen LogP contribution is 2.60. The number of ketones is 2. The van der Waals surface area contributed by atoms with Crippen LogP contribution in [0.15, 0.2) is 22.8 Å². The molecule has 0 N–H and O–H groups in total. The van der Waals surface area contributed by atoms with E-state index >= 15 is 0 Å². The molecule has 23 heavy (non-hydrogen) atoms. The molecule has 0 aromatic heterocycles.